The summed E-state index contributed by atoms with van der Waals surface area (Å²) in [6.45, 7) is 0. The maximum Gasteiger partial charge on any atom is 1.00 e. The van der Waals surface area contributed by atoms with Gasteiger partial charge in [0.15, 0.2) is 0 Å². The first kappa shape index (κ1) is 38.0. The standard InChI is InChI=1S/C24H18N4O9S3.3Na/c25-16-9-7-14(21(11-16)38(29,30)31)5-6-15-8-10-17(12-22(15)39(32,33)34)28-26-20-13-23(40(35,36)37)18-3-1-2-4-19(18)24(20)27-28;;;/h1-13H,25H2,(H,29,30,31)(H,32,33,34)(H,35,36,37);;;/q;3*+1/p-3/b6-5+;;;. The number of rotatable bonds is 6. The van der Waals surface area contributed by atoms with Gasteiger partial charge in [0.2, 0.25) is 0 Å². The molecule has 19 heteroatoms. The summed E-state index contributed by atoms with van der Waals surface area (Å²) < 4.78 is 107. The number of anilines is 1. The Balaban J connectivity index is 0.00000215. The SMILES string of the molecule is Nc1ccc(/C=C/c2ccc(-n3nc4cc(S(=O)(=O)[O-])c5ccccc5c4n3)cc2S(=O)(=O)[O-])c(S(=O)(=O)[O-])c1.[Na+].[Na+].[Na+]. The van der Waals surface area contributed by atoms with Crippen LogP contribution in [0.25, 0.3) is 39.6 Å². The minimum atomic E-state index is -5.10. The third-order valence-electron chi connectivity index (χ3n) is 5.87. The zero-order valence-electron chi connectivity index (χ0n) is 22.8. The molecule has 0 bridgehead atoms. The van der Waals surface area contributed by atoms with Crippen LogP contribution < -0.4 is 94.4 Å². The minimum absolute atomic E-state index is 0. The molecular formula is C24H15N4Na3O9S3. The van der Waals surface area contributed by atoms with E-state index in [4.69, 9.17) is 5.73 Å². The Hall–Kier alpha value is -1.19. The summed E-state index contributed by atoms with van der Waals surface area (Å²) in [6.07, 6.45) is 2.28. The van der Waals surface area contributed by atoms with Crippen LogP contribution in [-0.2, 0) is 30.4 Å². The molecular weight excluding hydrogens is 653 g/mol. The number of nitrogens with two attached hydrogens (primary N) is 1. The molecule has 0 radical (unpaired) electrons. The van der Waals surface area contributed by atoms with Crippen molar-refractivity contribution in [1.82, 2.24) is 15.0 Å². The Morgan fingerprint density at radius 1 is 0.628 bits per heavy atom. The van der Waals surface area contributed by atoms with E-state index in [1.54, 1.807) is 18.2 Å². The van der Waals surface area contributed by atoms with Crippen molar-refractivity contribution in [3.05, 3.63) is 77.9 Å². The maximum absolute atomic E-state index is 12.1. The summed E-state index contributed by atoms with van der Waals surface area (Å²) in [5.74, 6) is 0. The van der Waals surface area contributed by atoms with Crippen LogP contribution in [-0.4, -0.2) is 53.9 Å². The molecule has 0 amide bonds. The molecule has 0 unspecified atom stereocenters. The Bertz CT molecular complexity index is 2220. The predicted octanol–water partition coefficient (Wildman–Crippen LogP) is -6.95. The van der Waals surface area contributed by atoms with E-state index in [9.17, 15) is 38.9 Å². The van der Waals surface area contributed by atoms with Gasteiger partial charge in [0.1, 0.15) is 41.4 Å². The van der Waals surface area contributed by atoms with E-state index >= 15 is 0 Å². The van der Waals surface area contributed by atoms with Crippen molar-refractivity contribution in [2.75, 3.05) is 5.73 Å². The van der Waals surface area contributed by atoms with Crippen LogP contribution in [0.5, 0.6) is 0 Å². The van der Waals surface area contributed by atoms with Gasteiger partial charge in [0.05, 0.1) is 20.4 Å². The molecule has 1 heterocycles. The molecule has 4 aromatic carbocycles. The van der Waals surface area contributed by atoms with Crippen LogP contribution in [0.2, 0.25) is 0 Å². The summed E-state index contributed by atoms with van der Waals surface area (Å²) in [5.41, 5.74) is 5.62. The first-order valence-electron chi connectivity index (χ1n) is 11.0. The van der Waals surface area contributed by atoms with E-state index in [0.29, 0.717) is 5.39 Å². The molecule has 206 valence electrons. The summed E-state index contributed by atoms with van der Waals surface area (Å²) in [7, 11) is -14.9. The number of hydrogen-bond acceptors (Lipinski definition) is 12. The molecule has 1 aromatic heterocycles. The topological polar surface area (TPSA) is 228 Å². The van der Waals surface area contributed by atoms with Crippen molar-refractivity contribution in [2.45, 2.75) is 14.7 Å². The van der Waals surface area contributed by atoms with Gasteiger partial charge in [-0.1, -0.05) is 48.6 Å². The molecule has 0 aliphatic heterocycles. The van der Waals surface area contributed by atoms with Gasteiger partial charge in [-0.25, -0.2) is 25.3 Å². The van der Waals surface area contributed by atoms with Crippen LogP contribution in [0.4, 0.5) is 5.69 Å². The normalized spacial score (nSPS) is 12.1. The fourth-order valence-electron chi connectivity index (χ4n) is 4.12. The fraction of sp³-hybridized carbons (Fsp3) is 0. The van der Waals surface area contributed by atoms with Gasteiger partial charge >= 0.3 is 88.7 Å². The quantitative estimate of drug-likeness (QED) is 0.0771. The van der Waals surface area contributed by atoms with Crippen LogP contribution in [0.1, 0.15) is 11.1 Å². The Labute approximate surface area is 312 Å². The average Bonchev–Trinajstić information content (AvgIpc) is 3.30. The van der Waals surface area contributed by atoms with Crippen molar-refractivity contribution in [3.8, 4) is 5.69 Å². The van der Waals surface area contributed by atoms with Gasteiger partial charge < -0.3 is 19.4 Å². The van der Waals surface area contributed by atoms with E-state index in [0.717, 1.165) is 35.1 Å². The van der Waals surface area contributed by atoms with E-state index in [-0.39, 0.29) is 128 Å². The molecule has 0 saturated carbocycles. The molecule has 5 rings (SSSR count). The van der Waals surface area contributed by atoms with Crippen LogP contribution >= 0.6 is 0 Å². The smallest absolute Gasteiger partial charge is 0.744 e. The maximum atomic E-state index is 12.1. The first-order chi connectivity index (χ1) is 18.6. The minimum Gasteiger partial charge on any atom is -0.744 e. The van der Waals surface area contributed by atoms with Crippen molar-refractivity contribution in [3.63, 3.8) is 0 Å². The summed E-state index contributed by atoms with van der Waals surface area (Å²) in [4.78, 5) is -0.876. The first-order valence-corrected chi connectivity index (χ1v) is 15.2. The molecule has 5 aromatic rings. The summed E-state index contributed by atoms with van der Waals surface area (Å²) >= 11 is 0. The Morgan fingerprint density at radius 2 is 1.14 bits per heavy atom. The molecule has 0 aliphatic carbocycles. The second-order valence-electron chi connectivity index (χ2n) is 8.49. The summed E-state index contributed by atoms with van der Waals surface area (Å²) in [5, 5.41) is 8.92. The number of hydrogen-bond donors (Lipinski definition) is 1. The number of nitrogen functional groups attached to an aromatic ring is 1. The number of nitrogens with zero attached hydrogens (tertiary/aromatic N) is 3. The monoisotopic (exact) mass is 668 g/mol. The van der Waals surface area contributed by atoms with Gasteiger partial charge in [0.25, 0.3) is 0 Å². The van der Waals surface area contributed by atoms with Gasteiger partial charge in [-0.3, -0.25) is 0 Å². The molecule has 2 N–H and O–H groups in total. The van der Waals surface area contributed by atoms with Crippen LogP contribution in [0.3, 0.4) is 0 Å². The second-order valence-corrected chi connectivity index (χ2v) is 12.5. The molecule has 0 spiro atoms. The van der Waals surface area contributed by atoms with Gasteiger partial charge in [0, 0.05) is 16.5 Å². The van der Waals surface area contributed by atoms with E-state index in [1.165, 1.54) is 30.3 Å². The van der Waals surface area contributed by atoms with Gasteiger partial charge in [-0.2, -0.15) is 4.80 Å². The van der Waals surface area contributed by atoms with E-state index < -0.39 is 45.0 Å². The van der Waals surface area contributed by atoms with Gasteiger partial charge in [-0.05, 0) is 41.5 Å². The van der Waals surface area contributed by atoms with E-state index in [2.05, 4.69) is 10.2 Å². The number of aromatic nitrogens is 3. The van der Waals surface area contributed by atoms with Crippen molar-refractivity contribution < 1.29 is 128 Å². The van der Waals surface area contributed by atoms with E-state index in [1.807, 2.05) is 0 Å². The third kappa shape index (κ3) is 8.16. The number of benzene rings is 4. The Morgan fingerprint density at radius 3 is 1.70 bits per heavy atom. The van der Waals surface area contributed by atoms with Crippen molar-refractivity contribution in [2.24, 2.45) is 0 Å². The van der Waals surface area contributed by atoms with Crippen LogP contribution in [0, 0.1) is 0 Å². The zero-order valence-corrected chi connectivity index (χ0v) is 31.3. The third-order valence-corrected chi connectivity index (χ3v) is 8.53. The zero-order chi connectivity index (χ0) is 29.0. The molecule has 0 saturated heterocycles. The average molecular weight is 669 g/mol. The largest absolute Gasteiger partial charge is 1.00 e. The van der Waals surface area contributed by atoms with Gasteiger partial charge in [-0.15, -0.1) is 10.2 Å². The van der Waals surface area contributed by atoms with Crippen LogP contribution in [0.15, 0.2) is 81.4 Å². The molecule has 0 aliphatic rings. The summed E-state index contributed by atoms with van der Waals surface area (Å²) in [6, 6.07) is 14.3. The fourth-order valence-corrected chi connectivity index (χ4v) is 6.22. The molecule has 0 atom stereocenters. The molecule has 43 heavy (non-hydrogen) atoms. The van der Waals surface area contributed by atoms with Crippen molar-refractivity contribution in [1.29, 1.82) is 0 Å². The molecule has 13 nitrogen and oxygen atoms in total. The molecule has 0 fully saturated rings. The predicted molar refractivity (Wildman–Crippen MR) is 140 cm³/mol. The Kier molecular flexibility index (Phi) is 12.4. The second kappa shape index (κ2) is 14.1. The number of fused-ring (bicyclic) bond motifs is 3. The van der Waals surface area contributed by atoms with Crippen molar-refractivity contribution >= 4 is 70.0 Å².